The monoisotopic (exact) mass is 192 g/mol. The van der Waals surface area contributed by atoms with E-state index in [1.165, 1.54) is 38.5 Å². The molecule has 3 unspecified atom stereocenters. The summed E-state index contributed by atoms with van der Waals surface area (Å²) in [5.74, 6) is 2.93. The number of rotatable bonds is 4. The van der Waals surface area contributed by atoms with Gasteiger partial charge in [0.05, 0.1) is 0 Å². The van der Waals surface area contributed by atoms with Crippen molar-refractivity contribution in [3.8, 4) is 0 Å². The van der Waals surface area contributed by atoms with E-state index >= 15 is 0 Å². The maximum atomic E-state index is 2.44. The Morgan fingerprint density at radius 1 is 1.07 bits per heavy atom. The molecule has 0 spiro atoms. The van der Waals surface area contributed by atoms with E-state index in [2.05, 4.69) is 20.8 Å². The molecule has 0 heterocycles. The summed E-state index contributed by atoms with van der Waals surface area (Å²) in [6.45, 7) is 7.12. The molecule has 0 saturated heterocycles. The van der Waals surface area contributed by atoms with Crippen LogP contribution in [-0.4, -0.2) is 0 Å². The second-order valence-corrected chi connectivity index (χ2v) is 5.44. The van der Waals surface area contributed by atoms with Gasteiger partial charge in [-0.2, -0.15) is 0 Å². The van der Waals surface area contributed by atoms with Crippen LogP contribution in [0.25, 0.3) is 0 Å². The van der Waals surface area contributed by atoms with Gasteiger partial charge in [0.15, 0.2) is 0 Å². The van der Waals surface area contributed by atoms with E-state index in [0.29, 0.717) is 0 Å². The highest BCUT2D eigenvalue weighted by Gasteiger charge is 2.39. The van der Waals surface area contributed by atoms with Crippen LogP contribution in [0.3, 0.4) is 0 Å². The highest BCUT2D eigenvalue weighted by atomic mass is 14.4. The van der Waals surface area contributed by atoms with E-state index in [9.17, 15) is 0 Å². The molecule has 0 amide bonds. The molecule has 3 atom stereocenters. The van der Waals surface area contributed by atoms with Gasteiger partial charge in [-0.15, -0.1) is 0 Å². The maximum absolute atomic E-state index is 2.44. The zero-order chi connectivity index (χ0) is 10.1. The lowest BCUT2D eigenvalue weighted by Crippen LogP contribution is -2.26. The van der Waals surface area contributed by atoms with Gasteiger partial charge >= 0.3 is 0 Å². The van der Waals surface area contributed by atoms with Gasteiger partial charge < -0.3 is 0 Å². The molecule has 0 aromatic heterocycles. The van der Waals surface area contributed by atoms with Crippen molar-refractivity contribution >= 4 is 0 Å². The first-order valence-electron chi connectivity index (χ1n) is 6.45. The Hall–Kier alpha value is -0.260. The molecule has 0 nitrogen and oxygen atoms in total. The standard InChI is InChI=1S/C14H24/c1-4-5-6-7-12-10(2)9-14(12)13-8-11(13)3/h10-12H,4-9H2,1-3H3. The minimum Gasteiger partial charge on any atom is -0.0670 e. The average molecular weight is 192 g/mol. The Kier molecular flexibility index (Phi) is 2.99. The summed E-state index contributed by atoms with van der Waals surface area (Å²) in [7, 11) is 0. The van der Waals surface area contributed by atoms with Crippen molar-refractivity contribution in [2.75, 3.05) is 0 Å². The SMILES string of the molecule is CCCCCC1C(=C2CC2C)CC1C. The second-order valence-electron chi connectivity index (χ2n) is 5.44. The summed E-state index contributed by atoms with van der Waals surface area (Å²) >= 11 is 0. The van der Waals surface area contributed by atoms with E-state index < -0.39 is 0 Å². The Labute approximate surface area is 88.8 Å². The lowest BCUT2D eigenvalue weighted by molar-refractivity contribution is 0.273. The van der Waals surface area contributed by atoms with Crippen molar-refractivity contribution < 1.29 is 0 Å². The van der Waals surface area contributed by atoms with E-state index in [-0.39, 0.29) is 0 Å². The smallest absolute Gasteiger partial charge is 0.0172 e. The summed E-state index contributed by atoms with van der Waals surface area (Å²) < 4.78 is 0. The lowest BCUT2D eigenvalue weighted by atomic mass is 9.67. The number of hydrogen-bond acceptors (Lipinski definition) is 0. The summed E-state index contributed by atoms with van der Waals surface area (Å²) in [4.78, 5) is 0. The van der Waals surface area contributed by atoms with E-state index in [1.807, 2.05) is 11.1 Å². The number of unbranched alkanes of at least 4 members (excludes halogenated alkanes) is 2. The van der Waals surface area contributed by atoms with Gasteiger partial charge in [0.1, 0.15) is 0 Å². The fourth-order valence-electron chi connectivity index (χ4n) is 2.98. The first-order valence-corrected chi connectivity index (χ1v) is 6.45. The molecule has 0 bridgehead atoms. The third-order valence-electron chi connectivity index (χ3n) is 4.17. The molecule has 0 heteroatoms. The topological polar surface area (TPSA) is 0 Å². The van der Waals surface area contributed by atoms with Gasteiger partial charge in [-0.05, 0) is 37.0 Å². The van der Waals surface area contributed by atoms with Gasteiger partial charge in [-0.3, -0.25) is 0 Å². The lowest BCUT2D eigenvalue weighted by Gasteiger charge is -2.38. The predicted octanol–water partition coefficient (Wildman–Crippen LogP) is 4.56. The molecule has 0 aromatic rings. The van der Waals surface area contributed by atoms with Gasteiger partial charge in [0.25, 0.3) is 0 Å². The maximum Gasteiger partial charge on any atom is -0.0172 e. The Balaban J connectivity index is 1.84. The van der Waals surface area contributed by atoms with Crippen LogP contribution in [0, 0.1) is 17.8 Å². The molecule has 0 aliphatic heterocycles. The summed E-state index contributed by atoms with van der Waals surface area (Å²) in [6.07, 6.45) is 8.57. The molecule has 0 N–H and O–H groups in total. The normalized spacial score (nSPS) is 40.9. The average Bonchev–Trinajstić information content (AvgIpc) is 2.85. The first kappa shape index (κ1) is 10.3. The Morgan fingerprint density at radius 2 is 1.79 bits per heavy atom. The molecule has 0 aromatic carbocycles. The zero-order valence-corrected chi connectivity index (χ0v) is 9.97. The quantitative estimate of drug-likeness (QED) is 0.452. The van der Waals surface area contributed by atoms with E-state index in [4.69, 9.17) is 0 Å². The minimum atomic E-state index is 0.950. The molecule has 2 saturated carbocycles. The van der Waals surface area contributed by atoms with Crippen molar-refractivity contribution in [3.05, 3.63) is 11.1 Å². The third kappa shape index (κ3) is 1.89. The van der Waals surface area contributed by atoms with Crippen LogP contribution in [0.4, 0.5) is 0 Å². The van der Waals surface area contributed by atoms with Crippen LogP contribution < -0.4 is 0 Å². The molecular weight excluding hydrogens is 168 g/mol. The molecular formula is C14H24. The molecule has 0 radical (unpaired) electrons. The van der Waals surface area contributed by atoms with Crippen molar-refractivity contribution in [2.45, 2.75) is 59.3 Å². The fraction of sp³-hybridized carbons (Fsp3) is 0.857. The highest BCUT2D eigenvalue weighted by molar-refractivity contribution is 5.35. The molecule has 2 rings (SSSR count). The van der Waals surface area contributed by atoms with Crippen molar-refractivity contribution in [2.24, 2.45) is 17.8 Å². The number of hydrogen-bond donors (Lipinski definition) is 0. The van der Waals surface area contributed by atoms with Crippen molar-refractivity contribution in [3.63, 3.8) is 0 Å². The minimum absolute atomic E-state index is 0.950. The molecule has 14 heavy (non-hydrogen) atoms. The third-order valence-corrected chi connectivity index (χ3v) is 4.17. The van der Waals surface area contributed by atoms with Gasteiger partial charge in [0.2, 0.25) is 0 Å². The van der Waals surface area contributed by atoms with E-state index in [0.717, 1.165) is 17.8 Å². The molecule has 2 fully saturated rings. The van der Waals surface area contributed by atoms with Crippen LogP contribution in [0.1, 0.15) is 59.3 Å². The van der Waals surface area contributed by atoms with Crippen LogP contribution in [0.15, 0.2) is 11.1 Å². The summed E-state index contributed by atoms with van der Waals surface area (Å²) in [6, 6.07) is 0. The number of allylic oxidation sites excluding steroid dienone is 2. The van der Waals surface area contributed by atoms with Gasteiger partial charge in [0, 0.05) is 0 Å². The summed E-state index contributed by atoms with van der Waals surface area (Å²) in [5, 5.41) is 0. The largest absolute Gasteiger partial charge is 0.0670 e. The molecule has 2 aliphatic rings. The van der Waals surface area contributed by atoms with E-state index in [1.54, 1.807) is 0 Å². The van der Waals surface area contributed by atoms with Crippen molar-refractivity contribution in [1.82, 2.24) is 0 Å². The van der Waals surface area contributed by atoms with Gasteiger partial charge in [-0.1, -0.05) is 51.2 Å². The Morgan fingerprint density at radius 3 is 2.29 bits per heavy atom. The van der Waals surface area contributed by atoms with Crippen LogP contribution in [0.2, 0.25) is 0 Å². The van der Waals surface area contributed by atoms with Crippen LogP contribution in [0.5, 0.6) is 0 Å². The molecule has 80 valence electrons. The predicted molar refractivity (Wildman–Crippen MR) is 62.2 cm³/mol. The summed E-state index contributed by atoms with van der Waals surface area (Å²) in [5.41, 5.74) is 3.71. The van der Waals surface area contributed by atoms with Crippen molar-refractivity contribution in [1.29, 1.82) is 0 Å². The fourth-order valence-corrected chi connectivity index (χ4v) is 2.98. The van der Waals surface area contributed by atoms with Gasteiger partial charge in [-0.25, -0.2) is 0 Å². The van der Waals surface area contributed by atoms with Crippen LogP contribution >= 0.6 is 0 Å². The second kappa shape index (κ2) is 4.08. The van der Waals surface area contributed by atoms with Crippen LogP contribution in [-0.2, 0) is 0 Å². The Bertz CT molecular complexity index is 236. The first-order chi connectivity index (χ1) is 6.74. The highest BCUT2D eigenvalue weighted by Crippen LogP contribution is 2.52. The zero-order valence-electron chi connectivity index (χ0n) is 9.97. The molecule has 2 aliphatic carbocycles.